The first-order valence-corrected chi connectivity index (χ1v) is 5.80. The number of halogens is 3. The largest absolute Gasteiger partial charge is 0.477 e. The number of hydrogen-bond acceptors (Lipinski definition) is 3. The zero-order chi connectivity index (χ0) is 14.5. The summed E-state index contributed by atoms with van der Waals surface area (Å²) < 4.78 is 42.5. The van der Waals surface area contributed by atoms with Crippen LogP contribution < -0.4 is 4.74 Å². The van der Waals surface area contributed by atoms with Crippen molar-refractivity contribution in [2.24, 2.45) is 0 Å². The van der Waals surface area contributed by atoms with Crippen molar-refractivity contribution in [3.8, 4) is 5.88 Å². The summed E-state index contributed by atoms with van der Waals surface area (Å²) in [6.45, 7) is 2.10. The van der Waals surface area contributed by atoms with E-state index in [9.17, 15) is 18.0 Å². The molecule has 0 aromatic carbocycles. The summed E-state index contributed by atoms with van der Waals surface area (Å²) >= 11 is 0. The molecule has 0 spiro atoms. The molecular weight excluding hydrogens is 263 g/mol. The molecule has 0 amide bonds. The van der Waals surface area contributed by atoms with E-state index in [0.29, 0.717) is 12.5 Å². The maximum atomic E-state index is 12.5. The summed E-state index contributed by atoms with van der Waals surface area (Å²) in [5, 5.41) is 8.86. The number of carboxylic acids is 1. The fourth-order valence-corrected chi connectivity index (χ4v) is 1.39. The van der Waals surface area contributed by atoms with Gasteiger partial charge < -0.3 is 9.84 Å². The van der Waals surface area contributed by atoms with E-state index in [1.54, 1.807) is 0 Å². The summed E-state index contributed by atoms with van der Waals surface area (Å²) in [5.41, 5.74) is -1.53. The summed E-state index contributed by atoms with van der Waals surface area (Å²) in [6, 6.07) is 1.48. The van der Waals surface area contributed by atoms with E-state index < -0.39 is 23.7 Å². The van der Waals surface area contributed by atoms with Crippen LogP contribution in [0.25, 0.3) is 0 Å². The fourth-order valence-electron chi connectivity index (χ4n) is 1.39. The number of pyridine rings is 1. The molecule has 0 aliphatic heterocycles. The van der Waals surface area contributed by atoms with E-state index >= 15 is 0 Å². The Morgan fingerprint density at radius 1 is 1.37 bits per heavy atom. The molecule has 0 unspecified atom stereocenters. The van der Waals surface area contributed by atoms with Gasteiger partial charge in [0.05, 0.1) is 6.61 Å². The van der Waals surface area contributed by atoms with Gasteiger partial charge in [-0.1, -0.05) is 19.8 Å². The number of unbranched alkanes of at least 4 members (excludes halogenated alkanes) is 2. The summed E-state index contributed by atoms with van der Waals surface area (Å²) in [6.07, 6.45) is -2.22. The predicted octanol–water partition coefficient (Wildman–Crippen LogP) is 3.37. The van der Waals surface area contributed by atoms with Crippen molar-refractivity contribution in [2.45, 2.75) is 32.4 Å². The van der Waals surface area contributed by atoms with Gasteiger partial charge in [0.15, 0.2) is 0 Å². The zero-order valence-electron chi connectivity index (χ0n) is 10.3. The second-order valence-corrected chi connectivity index (χ2v) is 3.91. The van der Waals surface area contributed by atoms with Crippen molar-refractivity contribution in [2.75, 3.05) is 6.61 Å². The van der Waals surface area contributed by atoms with E-state index in [4.69, 9.17) is 9.84 Å². The van der Waals surface area contributed by atoms with Gasteiger partial charge in [0, 0.05) is 0 Å². The molecule has 1 aromatic heterocycles. The van der Waals surface area contributed by atoms with E-state index in [-0.39, 0.29) is 12.2 Å². The molecule has 106 valence electrons. The van der Waals surface area contributed by atoms with Gasteiger partial charge in [-0.2, -0.15) is 13.2 Å². The molecule has 1 rings (SSSR count). The molecule has 0 saturated carbocycles. The lowest BCUT2D eigenvalue weighted by molar-refractivity contribution is -0.141. The topological polar surface area (TPSA) is 59.4 Å². The number of alkyl halides is 3. The van der Waals surface area contributed by atoms with Crippen LogP contribution in [0.1, 0.15) is 42.2 Å². The Balaban J connectivity index is 2.93. The van der Waals surface area contributed by atoms with Crippen molar-refractivity contribution in [1.82, 2.24) is 4.98 Å². The Morgan fingerprint density at radius 2 is 2.05 bits per heavy atom. The highest BCUT2D eigenvalue weighted by Gasteiger charge is 2.33. The monoisotopic (exact) mass is 277 g/mol. The minimum Gasteiger partial charge on any atom is -0.477 e. The van der Waals surface area contributed by atoms with Crippen LogP contribution >= 0.6 is 0 Å². The van der Waals surface area contributed by atoms with E-state index in [0.717, 1.165) is 18.9 Å². The summed E-state index contributed by atoms with van der Waals surface area (Å²) in [5.74, 6) is -1.86. The number of carboxylic acid groups (broad SMARTS) is 1. The van der Waals surface area contributed by atoms with Crippen LogP contribution in [0.3, 0.4) is 0 Å². The van der Waals surface area contributed by atoms with Crippen molar-refractivity contribution >= 4 is 5.97 Å². The molecule has 0 saturated heterocycles. The van der Waals surface area contributed by atoms with Crippen LogP contribution in [0.2, 0.25) is 0 Å². The van der Waals surface area contributed by atoms with E-state index in [1.165, 1.54) is 0 Å². The minimum atomic E-state index is -4.63. The van der Waals surface area contributed by atoms with Crippen LogP contribution in [0, 0.1) is 0 Å². The van der Waals surface area contributed by atoms with Crippen molar-refractivity contribution in [3.63, 3.8) is 0 Å². The first kappa shape index (κ1) is 15.3. The van der Waals surface area contributed by atoms with E-state index in [1.807, 2.05) is 6.92 Å². The normalized spacial score (nSPS) is 11.4. The summed E-state index contributed by atoms with van der Waals surface area (Å²) in [4.78, 5) is 14.1. The van der Waals surface area contributed by atoms with Crippen LogP contribution in [0.4, 0.5) is 13.2 Å². The second kappa shape index (κ2) is 6.40. The van der Waals surface area contributed by atoms with Crippen LogP contribution in [-0.2, 0) is 6.18 Å². The Bertz CT molecular complexity index is 446. The Hall–Kier alpha value is -1.79. The first-order valence-electron chi connectivity index (χ1n) is 5.80. The number of carbonyl (C=O) groups is 1. The lowest BCUT2D eigenvalue weighted by atomic mass is 10.2. The highest BCUT2D eigenvalue weighted by Crippen LogP contribution is 2.30. The van der Waals surface area contributed by atoms with Gasteiger partial charge in [0.25, 0.3) is 0 Å². The maximum Gasteiger partial charge on any atom is 0.433 e. The first-order chi connectivity index (χ1) is 8.86. The number of ether oxygens (including phenoxy) is 1. The molecule has 19 heavy (non-hydrogen) atoms. The number of hydrogen-bond donors (Lipinski definition) is 1. The molecule has 1 N–H and O–H groups in total. The molecule has 0 aliphatic rings. The van der Waals surface area contributed by atoms with Gasteiger partial charge in [-0.25, -0.2) is 9.78 Å². The van der Waals surface area contributed by atoms with Gasteiger partial charge in [-0.3, -0.25) is 0 Å². The standard InChI is InChI=1S/C12H14F3NO3/c1-2-3-4-7-19-10-8(11(17)18)5-6-9(16-10)12(13,14)15/h5-6H,2-4,7H2,1H3,(H,17,18). The molecule has 1 heterocycles. The maximum absolute atomic E-state index is 12.5. The quantitative estimate of drug-likeness (QED) is 0.810. The molecular formula is C12H14F3NO3. The Labute approximate surface area is 108 Å². The highest BCUT2D eigenvalue weighted by atomic mass is 19.4. The third-order valence-electron chi connectivity index (χ3n) is 2.37. The number of nitrogens with zero attached hydrogens (tertiary/aromatic N) is 1. The molecule has 4 nitrogen and oxygen atoms in total. The molecule has 0 atom stereocenters. The SMILES string of the molecule is CCCCCOc1nc(C(F)(F)F)ccc1C(=O)O. The fraction of sp³-hybridized carbons (Fsp3) is 0.500. The third-order valence-corrected chi connectivity index (χ3v) is 2.37. The van der Waals surface area contributed by atoms with Crippen LogP contribution in [0.15, 0.2) is 12.1 Å². The lowest BCUT2D eigenvalue weighted by Crippen LogP contribution is -2.13. The molecule has 7 heteroatoms. The van der Waals surface area contributed by atoms with Gasteiger partial charge in [-0.15, -0.1) is 0 Å². The molecule has 0 radical (unpaired) electrons. The Morgan fingerprint density at radius 3 is 2.58 bits per heavy atom. The van der Waals surface area contributed by atoms with Crippen LogP contribution in [-0.4, -0.2) is 22.7 Å². The third kappa shape index (κ3) is 4.42. The van der Waals surface area contributed by atoms with Gasteiger partial charge >= 0.3 is 12.1 Å². The number of rotatable bonds is 6. The van der Waals surface area contributed by atoms with Gasteiger partial charge in [-0.05, 0) is 18.6 Å². The van der Waals surface area contributed by atoms with Crippen molar-refractivity contribution in [3.05, 3.63) is 23.4 Å². The summed E-state index contributed by atoms with van der Waals surface area (Å²) in [7, 11) is 0. The van der Waals surface area contributed by atoms with Crippen LogP contribution in [0.5, 0.6) is 5.88 Å². The molecule has 0 aliphatic carbocycles. The average molecular weight is 277 g/mol. The molecule has 0 bridgehead atoms. The van der Waals surface area contributed by atoms with E-state index in [2.05, 4.69) is 4.98 Å². The smallest absolute Gasteiger partial charge is 0.433 e. The van der Waals surface area contributed by atoms with Crippen molar-refractivity contribution < 1.29 is 27.8 Å². The second-order valence-electron chi connectivity index (χ2n) is 3.91. The average Bonchev–Trinajstić information content (AvgIpc) is 2.33. The predicted molar refractivity (Wildman–Crippen MR) is 61.2 cm³/mol. The lowest BCUT2D eigenvalue weighted by Gasteiger charge is -2.11. The minimum absolute atomic E-state index is 0.141. The number of aromatic nitrogens is 1. The number of aromatic carboxylic acids is 1. The Kier molecular flexibility index (Phi) is 5.14. The van der Waals surface area contributed by atoms with Gasteiger partial charge in [0.2, 0.25) is 5.88 Å². The highest BCUT2D eigenvalue weighted by molar-refractivity contribution is 5.90. The van der Waals surface area contributed by atoms with Crippen molar-refractivity contribution in [1.29, 1.82) is 0 Å². The molecule has 0 fully saturated rings. The molecule has 1 aromatic rings. The zero-order valence-corrected chi connectivity index (χ0v) is 10.3. The van der Waals surface area contributed by atoms with Gasteiger partial charge in [0.1, 0.15) is 11.3 Å².